The van der Waals surface area contributed by atoms with Gasteiger partial charge in [-0.25, -0.2) is 0 Å². The first kappa shape index (κ1) is 16.8. The van der Waals surface area contributed by atoms with E-state index in [-0.39, 0.29) is 0 Å². The maximum Gasteiger partial charge on any atom is 0.161 e. The summed E-state index contributed by atoms with van der Waals surface area (Å²) in [5.41, 5.74) is 8.64. The lowest BCUT2D eigenvalue weighted by Gasteiger charge is -2.25. The molecule has 0 saturated heterocycles. The molecule has 0 spiro atoms. The van der Waals surface area contributed by atoms with Crippen molar-refractivity contribution < 1.29 is 0 Å². The molecule has 1 aromatic rings. The molecule has 6 heteroatoms. The summed E-state index contributed by atoms with van der Waals surface area (Å²) < 4.78 is 0. The van der Waals surface area contributed by atoms with E-state index in [4.69, 9.17) is 18.0 Å². The molecule has 2 N–H and O–H groups in total. The van der Waals surface area contributed by atoms with Gasteiger partial charge in [0.15, 0.2) is 5.82 Å². The van der Waals surface area contributed by atoms with Crippen molar-refractivity contribution in [1.82, 2.24) is 15.1 Å². The van der Waals surface area contributed by atoms with Crippen LogP contribution in [0.25, 0.3) is 0 Å². The average Bonchev–Trinajstić information content (AvgIpc) is 2.37. The largest absolute Gasteiger partial charge is 0.389 e. The van der Waals surface area contributed by atoms with Gasteiger partial charge < -0.3 is 15.5 Å². The molecule has 0 bridgehead atoms. The Morgan fingerprint density at radius 1 is 1.20 bits per heavy atom. The highest BCUT2D eigenvalue weighted by molar-refractivity contribution is 7.80. The standard InChI is InChI=1S/C14H25N5S/c1-6-19(9-7-8-18(4)5)14-12(13(15)20)10(2)11(3)16-17-14/h6-9H2,1-5H3,(H2,15,20). The Morgan fingerprint density at radius 3 is 2.35 bits per heavy atom. The number of aryl methyl sites for hydroxylation is 1. The van der Waals surface area contributed by atoms with E-state index in [2.05, 4.69) is 41.0 Å². The normalized spacial score (nSPS) is 10.9. The Kier molecular flexibility index (Phi) is 6.29. The first-order chi connectivity index (χ1) is 9.38. The maximum absolute atomic E-state index is 5.88. The molecule has 1 aromatic heterocycles. The highest BCUT2D eigenvalue weighted by atomic mass is 32.1. The Bertz CT molecular complexity index is 473. The van der Waals surface area contributed by atoms with E-state index in [0.717, 1.165) is 48.7 Å². The van der Waals surface area contributed by atoms with Gasteiger partial charge in [-0.15, -0.1) is 5.10 Å². The van der Waals surface area contributed by atoms with Gasteiger partial charge in [0.2, 0.25) is 0 Å². The number of nitrogens with two attached hydrogens (primary N) is 1. The molecule has 112 valence electrons. The Morgan fingerprint density at radius 2 is 1.85 bits per heavy atom. The summed E-state index contributed by atoms with van der Waals surface area (Å²) in [4.78, 5) is 4.76. The summed E-state index contributed by atoms with van der Waals surface area (Å²) in [6, 6.07) is 0. The third-order valence-electron chi connectivity index (χ3n) is 3.40. The molecular formula is C14H25N5S. The third-order valence-corrected chi connectivity index (χ3v) is 3.60. The van der Waals surface area contributed by atoms with Gasteiger partial charge in [0.25, 0.3) is 0 Å². The molecule has 0 saturated carbocycles. The van der Waals surface area contributed by atoms with Crippen LogP contribution in [0, 0.1) is 13.8 Å². The van der Waals surface area contributed by atoms with E-state index in [1.54, 1.807) is 0 Å². The number of aromatic nitrogens is 2. The van der Waals surface area contributed by atoms with E-state index < -0.39 is 0 Å². The first-order valence-electron chi connectivity index (χ1n) is 6.91. The molecule has 0 aliphatic heterocycles. The van der Waals surface area contributed by atoms with Gasteiger partial charge >= 0.3 is 0 Å². The van der Waals surface area contributed by atoms with Crippen LogP contribution >= 0.6 is 12.2 Å². The van der Waals surface area contributed by atoms with E-state index in [1.165, 1.54) is 0 Å². The van der Waals surface area contributed by atoms with Gasteiger partial charge in [-0.05, 0) is 53.4 Å². The lowest BCUT2D eigenvalue weighted by atomic mass is 10.1. The lowest BCUT2D eigenvalue weighted by Crippen LogP contribution is -2.31. The second kappa shape index (κ2) is 7.50. The lowest BCUT2D eigenvalue weighted by molar-refractivity contribution is 0.400. The summed E-state index contributed by atoms with van der Waals surface area (Å²) >= 11 is 5.19. The van der Waals surface area contributed by atoms with Crippen LogP contribution in [0.4, 0.5) is 5.82 Å². The summed E-state index contributed by atoms with van der Waals surface area (Å²) in [5.74, 6) is 0.807. The second-order valence-electron chi connectivity index (χ2n) is 5.21. The number of anilines is 1. The van der Waals surface area contributed by atoms with Crippen molar-refractivity contribution in [3.05, 3.63) is 16.8 Å². The predicted octanol–water partition coefficient (Wildman–Crippen LogP) is 1.51. The topological polar surface area (TPSA) is 58.3 Å². The predicted molar refractivity (Wildman–Crippen MR) is 88.5 cm³/mol. The van der Waals surface area contributed by atoms with E-state index in [9.17, 15) is 0 Å². The van der Waals surface area contributed by atoms with Crippen LogP contribution in [0.15, 0.2) is 0 Å². The molecule has 0 aromatic carbocycles. The van der Waals surface area contributed by atoms with Gasteiger partial charge in [-0.2, -0.15) is 5.10 Å². The Hall–Kier alpha value is -1.27. The minimum atomic E-state index is 0.390. The van der Waals surface area contributed by atoms with Gasteiger partial charge in [-0.1, -0.05) is 12.2 Å². The van der Waals surface area contributed by atoms with Crippen LogP contribution in [-0.4, -0.2) is 53.8 Å². The van der Waals surface area contributed by atoms with Crippen molar-refractivity contribution in [1.29, 1.82) is 0 Å². The molecule has 0 unspecified atom stereocenters. The van der Waals surface area contributed by atoms with Gasteiger partial charge in [0, 0.05) is 13.1 Å². The monoisotopic (exact) mass is 295 g/mol. The van der Waals surface area contributed by atoms with Crippen molar-refractivity contribution >= 4 is 23.0 Å². The third kappa shape index (κ3) is 4.11. The number of thiocarbonyl (C=S) groups is 1. The number of rotatable bonds is 7. The zero-order valence-corrected chi connectivity index (χ0v) is 13.9. The first-order valence-corrected chi connectivity index (χ1v) is 7.32. The van der Waals surface area contributed by atoms with E-state index >= 15 is 0 Å². The van der Waals surface area contributed by atoms with Crippen LogP contribution in [0.2, 0.25) is 0 Å². The quantitative estimate of drug-likeness (QED) is 0.770. The fourth-order valence-electron chi connectivity index (χ4n) is 2.10. The molecule has 1 rings (SSSR count). The molecule has 20 heavy (non-hydrogen) atoms. The summed E-state index contributed by atoms with van der Waals surface area (Å²) in [7, 11) is 4.15. The highest BCUT2D eigenvalue weighted by Crippen LogP contribution is 2.22. The van der Waals surface area contributed by atoms with Crippen LogP contribution < -0.4 is 10.6 Å². The molecule has 0 aliphatic rings. The smallest absolute Gasteiger partial charge is 0.161 e. The zero-order valence-electron chi connectivity index (χ0n) is 13.1. The van der Waals surface area contributed by atoms with Crippen molar-refractivity contribution in [3.8, 4) is 0 Å². The van der Waals surface area contributed by atoms with Crippen LogP contribution in [0.1, 0.15) is 30.2 Å². The molecule has 0 amide bonds. The fraction of sp³-hybridized carbons (Fsp3) is 0.643. The van der Waals surface area contributed by atoms with Crippen molar-refractivity contribution in [3.63, 3.8) is 0 Å². The number of hydrogen-bond donors (Lipinski definition) is 1. The molecular weight excluding hydrogens is 270 g/mol. The molecule has 0 radical (unpaired) electrons. The minimum absolute atomic E-state index is 0.390. The number of nitrogens with zero attached hydrogens (tertiary/aromatic N) is 4. The van der Waals surface area contributed by atoms with Gasteiger partial charge in [0.05, 0.1) is 11.3 Å². The Balaban J connectivity index is 3.03. The fourth-order valence-corrected chi connectivity index (χ4v) is 2.35. The second-order valence-corrected chi connectivity index (χ2v) is 5.65. The summed E-state index contributed by atoms with van der Waals surface area (Å²) in [5, 5.41) is 8.54. The van der Waals surface area contributed by atoms with E-state index in [0.29, 0.717) is 4.99 Å². The summed E-state index contributed by atoms with van der Waals surface area (Å²) in [6.07, 6.45) is 1.06. The van der Waals surface area contributed by atoms with Gasteiger partial charge in [0.1, 0.15) is 4.99 Å². The van der Waals surface area contributed by atoms with Crippen molar-refractivity contribution in [2.45, 2.75) is 27.2 Å². The van der Waals surface area contributed by atoms with Gasteiger partial charge in [-0.3, -0.25) is 0 Å². The van der Waals surface area contributed by atoms with E-state index in [1.807, 2.05) is 13.8 Å². The zero-order chi connectivity index (χ0) is 15.3. The van der Waals surface area contributed by atoms with Crippen molar-refractivity contribution in [2.75, 3.05) is 38.6 Å². The SMILES string of the molecule is CCN(CCCN(C)C)c1nnc(C)c(C)c1C(N)=S. The minimum Gasteiger partial charge on any atom is -0.389 e. The van der Waals surface area contributed by atoms with Crippen molar-refractivity contribution in [2.24, 2.45) is 5.73 Å². The highest BCUT2D eigenvalue weighted by Gasteiger charge is 2.18. The molecule has 5 nitrogen and oxygen atoms in total. The van der Waals surface area contributed by atoms with Crippen LogP contribution in [0.5, 0.6) is 0 Å². The number of hydrogen-bond acceptors (Lipinski definition) is 5. The molecule has 1 heterocycles. The average molecular weight is 295 g/mol. The van der Waals surface area contributed by atoms with Crippen LogP contribution in [-0.2, 0) is 0 Å². The summed E-state index contributed by atoms with van der Waals surface area (Å²) in [6.45, 7) is 8.85. The molecule has 0 aliphatic carbocycles. The maximum atomic E-state index is 5.88. The Labute approximate surface area is 127 Å². The van der Waals surface area contributed by atoms with Crippen LogP contribution in [0.3, 0.4) is 0 Å². The molecule has 0 atom stereocenters. The molecule has 0 fully saturated rings.